The molecule has 0 aliphatic carbocycles. The minimum absolute atomic E-state index is 0.0643. The molecule has 0 bridgehead atoms. The predicted molar refractivity (Wildman–Crippen MR) is 75.8 cm³/mol. The number of hydrogen-bond acceptors (Lipinski definition) is 4. The van der Waals surface area contributed by atoms with Crippen LogP contribution in [0.1, 0.15) is 12.8 Å². The van der Waals surface area contributed by atoms with Crippen LogP contribution in [0, 0.1) is 0 Å². The van der Waals surface area contributed by atoms with Gasteiger partial charge >= 0.3 is 0 Å². The third-order valence-electron chi connectivity index (χ3n) is 3.22. The molecule has 1 aromatic carbocycles. The van der Waals surface area contributed by atoms with E-state index in [-0.39, 0.29) is 30.7 Å². The summed E-state index contributed by atoms with van der Waals surface area (Å²) in [7, 11) is 0. The van der Waals surface area contributed by atoms with E-state index < -0.39 is 0 Å². The van der Waals surface area contributed by atoms with Crippen LogP contribution >= 0.6 is 0 Å². The van der Waals surface area contributed by atoms with Crippen molar-refractivity contribution in [3.05, 3.63) is 30.3 Å². The molecule has 1 aliphatic rings. The van der Waals surface area contributed by atoms with E-state index in [0.717, 1.165) is 0 Å². The van der Waals surface area contributed by atoms with Crippen molar-refractivity contribution in [3.63, 3.8) is 0 Å². The Morgan fingerprint density at radius 2 is 1.81 bits per heavy atom. The normalized spacial score (nSPS) is 14.7. The lowest BCUT2D eigenvalue weighted by atomic mass is 10.1. The molecule has 1 saturated heterocycles. The van der Waals surface area contributed by atoms with Gasteiger partial charge in [-0.05, 0) is 12.1 Å². The molecule has 1 aliphatic heterocycles. The molecule has 1 heterocycles. The Morgan fingerprint density at radius 1 is 1.14 bits per heavy atom. The minimum atomic E-state index is -0.347. The van der Waals surface area contributed by atoms with Crippen LogP contribution in [0.25, 0.3) is 0 Å². The van der Waals surface area contributed by atoms with Gasteiger partial charge in [0.1, 0.15) is 11.5 Å². The second kappa shape index (κ2) is 7.42. The summed E-state index contributed by atoms with van der Waals surface area (Å²) in [4.78, 5) is 36.1. The van der Waals surface area contributed by atoms with Crippen molar-refractivity contribution in [2.45, 2.75) is 12.8 Å². The summed E-state index contributed by atoms with van der Waals surface area (Å²) >= 11 is 0. The smallest absolute Gasteiger partial charge is 0.258 e. The van der Waals surface area contributed by atoms with Gasteiger partial charge in [0, 0.05) is 25.9 Å². The number of ether oxygens (including phenoxy) is 1. The topological polar surface area (TPSA) is 75.7 Å². The standard InChI is InChI=1S/C15H18N2O4/c18-12-6-8-17(9-7-12)15(20)10-16-14(19)11-21-13-4-2-1-3-5-13/h1-5H,6-11H2,(H,16,19). The lowest BCUT2D eigenvalue weighted by molar-refractivity contribution is -0.136. The van der Waals surface area contributed by atoms with E-state index in [9.17, 15) is 14.4 Å². The number of likely N-dealkylation sites (tertiary alicyclic amines) is 1. The van der Waals surface area contributed by atoms with Crippen molar-refractivity contribution in [3.8, 4) is 5.75 Å². The molecule has 6 nitrogen and oxygen atoms in total. The highest BCUT2D eigenvalue weighted by molar-refractivity contribution is 5.87. The Kier molecular flexibility index (Phi) is 5.31. The number of ketones is 1. The van der Waals surface area contributed by atoms with E-state index in [4.69, 9.17) is 4.74 Å². The van der Waals surface area contributed by atoms with E-state index in [1.165, 1.54) is 0 Å². The van der Waals surface area contributed by atoms with Gasteiger partial charge in [0.15, 0.2) is 6.61 Å². The first kappa shape index (κ1) is 15.0. The van der Waals surface area contributed by atoms with Gasteiger partial charge in [-0.2, -0.15) is 0 Å². The van der Waals surface area contributed by atoms with Crippen LogP contribution in [-0.4, -0.2) is 48.7 Å². The second-order valence-corrected chi connectivity index (χ2v) is 4.80. The quantitative estimate of drug-likeness (QED) is 0.850. The highest BCUT2D eigenvalue weighted by Crippen LogP contribution is 2.07. The molecule has 21 heavy (non-hydrogen) atoms. The SMILES string of the molecule is O=C1CCN(C(=O)CNC(=O)COc2ccccc2)CC1. The Hall–Kier alpha value is -2.37. The number of nitrogens with one attached hydrogen (secondary N) is 1. The van der Waals surface area contributed by atoms with Crippen LogP contribution in [0.15, 0.2) is 30.3 Å². The molecule has 112 valence electrons. The second-order valence-electron chi connectivity index (χ2n) is 4.80. The van der Waals surface area contributed by atoms with Crippen molar-refractivity contribution in [1.29, 1.82) is 0 Å². The Bertz CT molecular complexity index is 506. The van der Waals surface area contributed by atoms with Crippen LogP contribution in [0.4, 0.5) is 0 Å². The van der Waals surface area contributed by atoms with Gasteiger partial charge in [-0.15, -0.1) is 0 Å². The molecular formula is C15H18N2O4. The number of nitrogens with zero attached hydrogens (tertiary/aromatic N) is 1. The Labute approximate surface area is 123 Å². The van der Waals surface area contributed by atoms with Gasteiger partial charge < -0.3 is 15.0 Å². The Morgan fingerprint density at radius 3 is 2.48 bits per heavy atom. The highest BCUT2D eigenvalue weighted by Gasteiger charge is 2.20. The zero-order chi connectivity index (χ0) is 15.1. The maximum atomic E-state index is 11.8. The molecule has 1 aromatic rings. The van der Waals surface area contributed by atoms with E-state index in [0.29, 0.717) is 31.7 Å². The van der Waals surface area contributed by atoms with Crippen LogP contribution in [0.2, 0.25) is 0 Å². The number of rotatable bonds is 5. The maximum absolute atomic E-state index is 11.8. The molecular weight excluding hydrogens is 272 g/mol. The molecule has 0 spiro atoms. The van der Waals surface area contributed by atoms with Crippen molar-refractivity contribution < 1.29 is 19.1 Å². The van der Waals surface area contributed by atoms with Crippen LogP contribution in [-0.2, 0) is 14.4 Å². The zero-order valence-electron chi connectivity index (χ0n) is 11.7. The fourth-order valence-corrected chi connectivity index (χ4v) is 2.01. The van der Waals surface area contributed by atoms with Crippen LogP contribution < -0.4 is 10.1 Å². The number of amides is 2. The zero-order valence-corrected chi connectivity index (χ0v) is 11.7. The lowest BCUT2D eigenvalue weighted by Gasteiger charge is -2.26. The maximum Gasteiger partial charge on any atom is 0.258 e. The summed E-state index contributed by atoms with van der Waals surface area (Å²) in [6.07, 6.45) is 0.799. The number of piperidine rings is 1. The van der Waals surface area contributed by atoms with Gasteiger partial charge in [-0.25, -0.2) is 0 Å². The van der Waals surface area contributed by atoms with E-state index >= 15 is 0 Å². The third-order valence-corrected chi connectivity index (χ3v) is 3.22. The molecule has 1 N–H and O–H groups in total. The van der Waals surface area contributed by atoms with Gasteiger partial charge in [-0.1, -0.05) is 18.2 Å². The molecule has 2 rings (SSSR count). The van der Waals surface area contributed by atoms with E-state index in [1.807, 2.05) is 18.2 Å². The molecule has 2 amide bonds. The van der Waals surface area contributed by atoms with Gasteiger partial charge in [0.2, 0.25) is 5.91 Å². The number of carbonyl (C=O) groups excluding carboxylic acids is 3. The number of carbonyl (C=O) groups is 3. The minimum Gasteiger partial charge on any atom is -0.484 e. The molecule has 0 unspecified atom stereocenters. The summed E-state index contributed by atoms with van der Waals surface area (Å²) < 4.78 is 5.28. The third kappa shape index (κ3) is 4.91. The van der Waals surface area contributed by atoms with Crippen molar-refractivity contribution in [1.82, 2.24) is 10.2 Å². The van der Waals surface area contributed by atoms with E-state index in [1.54, 1.807) is 17.0 Å². The van der Waals surface area contributed by atoms with Crippen LogP contribution in [0.5, 0.6) is 5.75 Å². The van der Waals surface area contributed by atoms with Gasteiger partial charge in [0.05, 0.1) is 6.54 Å². The molecule has 0 radical (unpaired) electrons. The first-order valence-corrected chi connectivity index (χ1v) is 6.89. The molecule has 1 fully saturated rings. The summed E-state index contributed by atoms with van der Waals surface area (Å²) in [5.74, 6) is 0.267. The van der Waals surface area contributed by atoms with Crippen LogP contribution in [0.3, 0.4) is 0 Å². The summed E-state index contributed by atoms with van der Waals surface area (Å²) in [5.41, 5.74) is 0. The fraction of sp³-hybridized carbons (Fsp3) is 0.400. The number of para-hydroxylation sites is 1. The van der Waals surface area contributed by atoms with Crippen molar-refractivity contribution in [2.24, 2.45) is 0 Å². The first-order valence-electron chi connectivity index (χ1n) is 6.89. The van der Waals surface area contributed by atoms with Gasteiger partial charge in [-0.3, -0.25) is 14.4 Å². The first-order chi connectivity index (χ1) is 10.1. The molecule has 6 heteroatoms. The average Bonchev–Trinajstić information content (AvgIpc) is 2.52. The highest BCUT2D eigenvalue weighted by atomic mass is 16.5. The van der Waals surface area contributed by atoms with Gasteiger partial charge in [0.25, 0.3) is 5.91 Å². The predicted octanol–water partition coefficient (Wildman–Crippen LogP) is 0.373. The largest absolute Gasteiger partial charge is 0.484 e. The average molecular weight is 290 g/mol. The summed E-state index contributed by atoms with van der Waals surface area (Å²) in [6, 6.07) is 8.99. The number of benzene rings is 1. The molecule has 0 aromatic heterocycles. The number of Topliss-reactive ketones (excluding diaryl/α,β-unsaturated/α-hetero) is 1. The Balaban J connectivity index is 1.66. The van der Waals surface area contributed by atoms with Crippen molar-refractivity contribution >= 4 is 17.6 Å². The number of hydrogen-bond donors (Lipinski definition) is 1. The lowest BCUT2D eigenvalue weighted by Crippen LogP contribution is -2.44. The van der Waals surface area contributed by atoms with E-state index in [2.05, 4.69) is 5.32 Å². The molecule has 0 saturated carbocycles. The molecule has 0 atom stereocenters. The fourth-order valence-electron chi connectivity index (χ4n) is 2.01. The van der Waals surface area contributed by atoms with Crippen molar-refractivity contribution in [2.75, 3.05) is 26.2 Å². The summed E-state index contributed by atoms with van der Waals surface area (Å²) in [6.45, 7) is 0.684. The summed E-state index contributed by atoms with van der Waals surface area (Å²) in [5, 5.41) is 2.52. The monoisotopic (exact) mass is 290 g/mol.